The first-order valence-electron chi connectivity index (χ1n) is 5.17. The minimum atomic E-state index is 1.06. The Hall–Kier alpha value is -1.06. The lowest BCUT2D eigenvalue weighted by atomic mass is 10.3. The highest BCUT2D eigenvalue weighted by molar-refractivity contribution is 5.47. The van der Waals surface area contributed by atoms with Gasteiger partial charge in [-0.1, -0.05) is 12.2 Å². The van der Waals surface area contributed by atoms with Gasteiger partial charge < -0.3 is 10.3 Å². The molecule has 3 nitrogen and oxygen atoms in total. The predicted octanol–water partition coefficient (Wildman–Crippen LogP) is 0.933. The predicted molar refractivity (Wildman–Crippen MR) is 59.1 cm³/mol. The van der Waals surface area contributed by atoms with E-state index in [1.807, 2.05) is 12.4 Å². The van der Waals surface area contributed by atoms with Crippen LogP contribution in [-0.2, 0) is 0 Å². The third-order valence-electron chi connectivity index (χ3n) is 2.51. The SMILES string of the molecule is C(=C\c1cc[nH]c1)/CN1CCNCC1. The van der Waals surface area contributed by atoms with Gasteiger partial charge in [0.2, 0.25) is 0 Å². The summed E-state index contributed by atoms with van der Waals surface area (Å²) in [5, 5.41) is 3.35. The Labute approximate surface area is 84.8 Å². The Balaban J connectivity index is 1.76. The zero-order chi connectivity index (χ0) is 9.64. The molecule has 1 aliphatic rings. The Morgan fingerprint density at radius 3 is 2.93 bits per heavy atom. The molecule has 1 saturated heterocycles. The molecule has 1 aromatic heterocycles. The first-order chi connectivity index (χ1) is 6.95. The Morgan fingerprint density at radius 1 is 1.36 bits per heavy atom. The molecule has 0 bridgehead atoms. The fourth-order valence-corrected chi connectivity index (χ4v) is 1.67. The van der Waals surface area contributed by atoms with Gasteiger partial charge in [0.1, 0.15) is 0 Å². The molecule has 14 heavy (non-hydrogen) atoms. The molecule has 2 heterocycles. The monoisotopic (exact) mass is 191 g/mol. The molecule has 76 valence electrons. The van der Waals surface area contributed by atoms with Crippen molar-refractivity contribution in [2.24, 2.45) is 0 Å². The van der Waals surface area contributed by atoms with Gasteiger partial charge in [-0.2, -0.15) is 0 Å². The van der Waals surface area contributed by atoms with Crippen molar-refractivity contribution in [3.63, 3.8) is 0 Å². The van der Waals surface area contributed by atoms with E-state index < -0.39 is 0 Å². The molecule has 2 N–H and O–H groups in total. The van der Waals surface area contributed by atoms with Crippen molar-refractivity contribution in [2.75, 3.05) is 32.7 Å². The molecule has 0 radical (unpaired) electrons. The van der Waals surface area contributed by atoms with E-state index in [2.05, 4.69) is 33.4 Å². The van der Waals surface area contributed by atoms with Crippen LogP contribution in [0.3, 0.4) is 0 Å². The summed E-state index contributed by atoms with van der Waals surface area (Å²) in [7, 11) is 0. The lowest BCUT2D eigenvalue weighted by molar-refractivity contribution is 0.265. The molecular weight excluding hydrogens is 174 g/mol. The van der Waals surface area contributed by atoms with E-state index >= 15 is 0 Å². The highest BCUT2D eigenvalue weighted by Gasteiger charge is 2.06. The van der Waals surface area contributed by atoms with Gasteiger partial charge in [-0.15, -0.1) is 0 Å². The molecule has 0 saturated carbocycles. The van der Waals surface area contributed by atoms with E-state index in [0.717, 1.165) is 32.7 Å². The van der Waals surface area contributed by atoms with E-state index in [9.17, 15) is 0 Å². The van der Waals surface area contributed by atoms with Crippen molar-refractivity contribution in [1.29, 1.82) is 0 Å². The molecule has 0 unspecified atom stereocenters. The van der Waals surface area contributed by atoms with Crippen molar-refractivity contribution < 1.29 is 0 Å². The molecule has 2 rings (SSSR count). The van der Waals surface area contributed by atoms with Crippen LogP contribution in [0.15, 0.2) is 24.5 Å². The number of aromatic amines is 1. The zero-order valence-corrected chi connectivity index (χ0v) is 8.37. The average Bonchev–Trinajstić information content (AvgIpc) is 2.72. The molecule has 1 fully saturated rings. The summed E-state index contributed by atoms with van der Waals surface area (Å²) in [5.41, 5.74) is 1.25. The minimum Gasteiger partial charge on any atom is -0.367 e. The molecule has 0 atom stereocenters. The second kappa shape index (κ2) is 4.98. The summed E-state index contributed by atoms with van der Waals surface area (Å²) >= 11 is 0. The van der Waals surface area contributed by atoms with Crippen LogP contribution < -0.4 is 5.32 Å². The summed E-state index contributed by atoms with van der Waals surface area (Å²) in [5.74, 6) is 0. The minimum absolute atomic E-state index is 1.06. The number of H-pyrrole nitrogens is 1. The first kappa shape index (κ1) is 9.49. The van der Waals surface area contributed by atoms with Gasteiger partial charge in [0.05, 0.1) is 0 Å². The zero-order valence-electron chi connectivity index (χ0n) is 8.37. The van der Waals surface area contributed by atoms with E-state index in [1.165, 1.54) is 5.56 Å². The number of piperazine rings is 1. The van der Waals surface area contributed by atoms with Crippen LogP contribution in [0.25, 0.3) is 6.08 Å². The number of hydrogen-bond acceptors (Lipinski definition) is 2. The van der Waals surface area contributed by atoms with Crippen molar-refractivity contribution in [3.05, 3.63) is 30.1 Å². The summed E-state index contributed by atoms with van der Waals surface area (Å²) < 4.78 is 0. The van der Waals surface area contributed by atoms with Gasteiger partial charge >= 0.3 is 0 Å². The number of hydrogen-bond donors (Lipinski definition) is 2. The van der Waals surface area contributed by atoms with Gasteiger partial charge in [0.25, 0.3) is 0 Å². The highest BCUT2D eigenvalue weighted by atomic mass is 15.2. The van der Waals surface area contributed by atoms with Crippen molar-refractivity contribution in [2.45, 2.75) is 0 Å². The van der Waals surface area contributed by atoms with Gasteiger partial charge in [-0.05, 0) is 11.6 Å². The van der Waals surface area contributed by atoms with Crippen molar-refractivity contribution >= 4 is 6.08 Å². The molecule has 0 spiro atoms. The smallest absolute Gasteiger partial charge is 0.0167 e. The second-order valence-electron chi connectivity index (χ2n) is 3.60. The summed E-state index contributed by atoms with van der Waals surface area (Å²) in [6.07, 6.45) is 8.35. The maximum atomic E-state index is 3.35. The van der Waals surface area contributed by atoms with E-state index in [4.69, 9.17) is 0 Å². The van der Waals surface area contributed by atoms with Crippen LogP contribution in [0.2, 0.25) is 0 Å². The highest BCUT2D eigenvalue weighted by Crippen LogP contribution is 2.00. The standard InChI is InChI=1S/C11H17N3/c1(2-11-3-4-13-10-11)7-14-8-5-12-6-9-14/h1-4,10,12-13H,5-9H2/b2-1+. The molecule has 1 aromatic rings. The lowest BCUT2D eigenvalue weighted by Crippen LogP contribution is -2.43. The van der Waals surface area contributed by atoms with E-state index in [1.54, 1.807) is 0 Å². The molecule has 0 aromatic carbocycles. The van der Waals surface area contributed by atoms with Crippen LogP contribution in [0.4, 0.5) is 0 Å². The Kier molecular flexibility index (Phi) is 3.38. The summed E-state index contributed by atoms with van der Waals surface area (Å²) in [4.78, 5) is 5.50. The molecule has 3 heteroatoms. The van der Waals surface area contributed by atoms with Crippen molar-refractivity contribution in [3.8, 4) is 0 Å². The first-order valence-corrected chi connectivity index (χ1v) is 5.17. The van der Waals surface area contributed by atoms with Gasteiger partial charge in [-0.25, -0.2) is 0 Å². The van der Waals surface area contributed by atoms with Crippen LogP contribution in [0, 0.1) is 0 Å². The molecule has 0 aliphatic carbocycles. The van der Waals surface area contributed by atoms with Crippen molar-refractivity contribution in [1.82, 2.24) is 15.2 Å². The normalized spacial score (nSPS) is 19.1. The Bertz CT molecular complexity index is 271. The van der Waals surface area contributed by atoms with Crippen LogP contribution in [0.1, 0.15) is 5.56 Å². The van der Waals surface area contributed by atoms with Crippen LogP contribution in [0.5, 0.6) is 0 Å². The maximum Gasteiger partial charge on any atom is 0.0167 e. The number of nitrogens with zero attached hydrogens (tertiary/aromatic N) is 1. The quantitative estimate of drug-likeness (QED) is 0.745. The fraction of sp³-hybridized carbons (Fsp3) is 0.455. The molecule has 1 aliphatic heterocycles. The average molecular weight is 191 g/mol. The second-order valence-corrected chi connectivity index (χ2v) is 3.60. The van der Waals surface area contributed by atoms with Gasteiger partial charge in [0.15, 0.2) is 0 Å². The van der Waals surface area contributed by atoms with Crippen LogP contribution >= 0.6 is 0 Å². The summed E-state index contributed by atoms with van der Waals surface area (Å²) in [6.45, 7) is 5.64. The largest absolute Gasteiger partial charge is 0.367 e. The number of nitrogens with one attached hydrogen (secondary N) is 2. The maximum absolute atomic E-state index is 3.35. The molecular formula is C11H17N3. The fourth-order valence-electron chi connectivity index (χ4n) is 1.67. The van der Waals surface area contributed by atoms with E-state index in [0.29, 0.717) is 0 Å². The van der Waals surface area contributed by atoms with Gasteiger partial charge in [-0.3, -0.25) is 4.90 Å². The lowest BCUT2D eigenvalue weighted by Gasteiger charge is -2.25. The number of aromatic nitrogens is 1. The Morgan fingerprint density at radius 2 is 2.21 bits per heavy atom. The summed E-state index contributed by atoms with van der Waals surface area (Å²) in [6, 6.07) is 2.08. The molecule has 0 amide bonds. The topological polar surface area (TPSA) is 31.1 Å². The third kappa shape index (κ3) is 2.72. The number of rotatable bonds is 3. The van der Waals surface area contributed by atoms with E-state index in [-0.39, 0.29) is 0 Å². The third-order valence-corrected chi connectivity index (χ3v) is 2.51. The van der Waals surface area contributed by atoms with Crippen LogP contribution in [-0.4, -0.2) is 42.6 Å². The van der Waals surface area contributed by atoms with Gasteiger partial charge in [0, 0.05) is 45.1 Å².